The van der Waals surface area contributed by atoms with E-state index in [0.29, 0.717) is 12.4 Å². The van der Waals surface area contributed by atoms with Crippen LogP contribution in [0.1, 0.15) is 51.1 Å². The van der Waals surface area contributed by atoms with Gasteiger partial charge in [-0.1, -0.05) is 11.6 Å². The molecule has 0 unspecified atom stereocenters. The molecule has 0 radical (unpaired) electrons. The number of nitrogens with zero attached hydrogens (tertiary/aromatic N) is 5. The van der Waals surface area contributed by atoms with E-state index in [-0.39, 0.29) is 28.4 Å². The highest BCUT2D eigenvalue weighted by atomic mass is 35.5. The molecule has 1 saturated heterocycles. The second-order valence-electron chi connectivity index (χ2n) is 7.92. The van der Waals surface area contributed by atoms with E-state index < -0.39 is 11.9 Å². The second-order valence-corrected chi connectivity index (χ2v) is 8.31. The molecular formula is C18H20ClF3N6O. The molecule has 0 aromatic carbocycles. The normalized spacial score (nSPS) is 18.0. The van der Waals surface area contributed by atoms with Gasteiger partial charge in [0.2, 0.25) is 5.95 Å². The Hall–Kier alpha value is -2.33. The van der Waals surface area contributed by atoms with Gasteiger partial charge in [-0.05, 0) is 33.6 Å². The smallest absolute Gasteiger partial charge is 0.372 e. The molecule has 1 aliphatic heterocycles. The second kappa shape index (κ2) is 6.88. The summed E-state index contributed by atoms with van der Waals surface area (Å²) in [6.07, 6.45) is -1.95. The molecule has 3 aromatic rings. The molecule has 4 rings (SSSR count). The van der Waals surface area contributed by atoms with Crippen molar-refractivity contribution in [2.45, 2.75) is 51.4 Å². The fraction of sp³-hybridized carbons (Fsp3) is 0.500. The predicted molar refractivity (Wildman–Crippen MR) is 101 cm³/mol. The SMILES string of the molecule is CC(C)(C)n1nc([C@H]2CCCO2)cc1Nc1nc(Cl)cc2nc(C(F)(F)F)cn12. The van der Waals surface area contributed by atoms with Crippen LogP contribution < -0.4 is 5.32 Å². The third-order valence-corrected chi connectivity index (χ3v) is 4.77. The van der Waals surface area contributed by atoms with Crippen LogP contribution in [0.25, 0.3) is 5.65 Å². The van der Waals surface area contributed by atoms with Crippen LogP contribution in [0.2, 0.25) is 5.15 Å². The molecule has 3 aromatic heterocycles. The van der Waals surface area contributed by atoms with Crippen molar-refractivity contribution in [2.24, 2.45) is 0 Å². The van der Waals surface area contributed by atoms with Gasteiger partial charge in [0, 0.05) is 24.9 Å². The fourth-order valence-electron chi connectivity index (χ4n) is 3.27. The van der Waals surface area contributed by atoms with Gasteiger partial charge in [-0.2, -0.15) is 18.3 Å². The summed E-state index contributed by atoms with van der Waals surface area (Å²) in [6.45, 7) is 6.61. The van der Waals surface area contributed by atoms with Crippen molar-refractivity contribution in [2.75, 3.05) is 11.9 Å². The highest BCUT2D eigenvalue weighted by molar-refractivity contribution is 6.29. The third kappa shape index (κ3) is 3.91. The summed E-state index contributed by atoms with van der Waals surface area (Å²) in [4.78, 5) is 7.78. The number of fused-ring (bicyclic) bond motifs is 1. The summed E-state index contributed by atoms with van der Waals surface area (Å²) in [7, 11) is 0. The summed E-state index contributed by atoms with van der Waals surface area (Å²) in [5, 5.41) is 7.77. The van der Waals surface area contributed by atoms with Crippen molar-refractivity contribution in [3.8, 4) is 0 Å². The molecule has 11 heteroatoms. The zero-order valence-electron chi connectivity index (χ0n) is 16.1. The van der Waals surface area contributed by atoms with Crippen LogP contribution in [0.5, 0.6) is 0 Å². The zero-order valence-corrected chi connectivity index (χ0v) is 16.8. The van der Waals surface area contributed by atoms with Gasteiger partial charge >= 0.3 is 6.18 Å². The molecule has 0 amide bonds. The number of aromatic nitrogens is 5. The Balaban J connectivity index is 1.79. The quantitative estimate of drug-likeness (QED) is 0.598. The molecule has 1 N–H and O–H groups in total. The van der Waals surface area contributed by atoms with E-state index in [1.165, 1.54) is 10.5 Å². The highest BCUT2D eigenvalue weighted by Crippen LogP contribution is 2.34. The number of rotatable bonds is 3. The van der Waals surface area contributed by atoms with E-state index in [0.717, 1.165) is 24.7 Å². The maximum atomic E-state index is 13.1. The van der Waals surface area contributed by atoms with Crippen LogP contribution in [0.4, 0.5) is 24.9 Å². The van der Waals surface area contributed by atoms with Crippen molar-refractivity contribution in [1.82, 2.24) is 24.1 Å². The van der Waals surface area contributed by atoms with E-state index in [9.17, 15) is 13.2 Å². The van der Waals surface area contributed by atoms with E-state index in [2.05, 4.69) is 20.4 Å². The lowest BCUT2D eigenvalue weighted by Gasteiger charge is -2.22. The molecule has 1 aliphatic rings. The van der Waals surface area contributed by atoms with Gasteiger partial charge < -0.3 is 10.1 Å². The fourth-order valence-corrected chi connectivity index (χ4v) is 3.44. The Morgan fingerprint density at radius 1 is 1.21 bits per heavy atom. The molecule has 0 spiro atoms. The van der Waals surface area contributed by atoms with Gasteiger partial charge in [0.15, 0.2) is 5.69 Å². The maximum absolute atomic E-state index is 13.1. The molecule has 0 bridgehead atoms. The van der Waals surface area contributed by atoms with Gasteiger partial charge in [0.25, 0.3) is 0 Å². The minimum absolute atomic E-state index is 0.0282. The van der Waals surface area contributed by atoms with Crippen LogP contribution in [0.15, 0.2) is 18.3 Å². The van der Waals surface area contributed by atoms with Gasteiger partial charge in [0.05, 0.1) is 11.2 Å². The molecule has 1 atom stereocenters. The number of hydrogen-bond acceptors (Lipinski definition) is 5. The Labute approximate surface area is 169 Å². The highest BCUT2D eigenvalue weighted by Gasteiger charge is 2.34. The number of imidazole rings is 1. The first-order valence-corrected chi connectivity index (χ1v) is 9.52. The Morgan fingerprint density at radius 2 is 1.97 bits per heavy atom. The maximum Gasteiger partial charge on any atom is 0.434 e. The lowest BCUT2D eigenvalue weighted by Crippen LogP contribution is -2.25. The number of anilines is 2. The molecule has 29 heavy (non-hydrogen) atoms. The minimum atomic E-state index is -4.57. The number of halogens is 4. The monoisotopic (exact) mass is 428 g/mol. The van der Waals surface area contributed by atoms with Gasteiger partial charge in [-0.15, -0.1) is 0 Å². The first-order valence-electron chi connectivity index (χ1n) is 9.14. The Bertz CT molecular complexity index is 1050. The zero-order chi connectivity index (χ0) is 21.0. The van der Waals surface area contributed by atoms with Crippen molar-refractivity contribution in [1.29, 1.82) is 0 Å². The summed E-state index contributed by atoms with van der Waals surface area (Å²) in [5.41, 5.74) is -0.599. The minimum Gasteiger partial charge on any atom is -0.372 e. The van der Waals surface area contributed by atoms with Crippen LogP contribution in [-0.4, -0.2) is 30.8 Å². The number of nitrogens with one attached hydrogen (secondary N) is 1. The van der Waals surface area contributed by atoms with Crippen molar-refractivity contribution in [3.63, 3.8) is 0 Å². The Morgan fingerprint density at radius 3 is 2.59 bits per heavy atom. The first kappa shape index (κ1) is 20.0. The topological polar surface area (TPSA) is 69.3 Å². The number of alkyl halides is 3. The molecule has 156 valence electrons. The number of hydrogen-bond donors (Lipinski definition) is 1. The van der Waals surface area contributed by atoms with Gasteiger partial charge in [-0.25, -0.2) is 14.6 Å². The molecular weight excluding hydrogens is 409 g/mol. The van der Waals surface area contributed by atoms with Crippen LogP contribution in [0.3, 0.4) is 0 Å². The first-order chi connectivity index (χ1) is 13.5. The Kier molecular flexibility index (Phi) is 4.73. The largest absolute Gasteiger partial charge is 0.434 e. The average Bonchev–Trinajstić information content (AvgIpc) is 3.31. The van der Waals surface area contributed by atoms with Crippen LogP contribution in [-0.2, 0) is 16.5 Å². The van der Waals surface area contributed by atoms with E-state index >= 15 is 0 Å². The van der Waals surface area contributed by atoms with Crippen molar-refractivity contribution >= 4 is 29.0 Å². The van der Waals surface area contributed by atoms with Gasteiger partial charge in [0.1, 0.15) is 22.7 Å². The van der Waals surface area contributed by atoms with Crippen molar-refractivity contribution in [3.05, 3.63) is 34.9 Å². The standard InChI is InChI=1S/C18H20ClF3N6O/c1-17(2,3)28-15(7-10(26-28)11-5-4-6-29-11)25-16-24-13(19)8-14-23-12(9-27(14)16)18(20,21)22/h7-9,11H,4-6H2,1-3H3,(H,24,25)/t11-/m1/s1. The van der Waals surface area contributed by atoms with Crippen molar-refractivity contribution < 1.29 is 17.9 Å². The number of ether oxygens (including phenoxy) is 1. The molecule has 7 nitrogen and oxygen atoms in total. The summed E-state index contributed by atoms with van der Waals surface area (Å²) >= 11 is 6.02. The van der Waals surface area contributed by atoms with E-state index in [4.69, 9.17) is 16.3 Å². The van der Waals surface area contributed by atoms with E-state index in [1.54, 1.807) is 4.68 Å². The predicted octanol–water partition coefficient (Wildman–Crippen LogP) is 4.95. The van der Waals surface area contributed by atoms with Crippen LogP contribution in [0, 0.1) is 0 Å². The molecule has 4 heterocycles. The lowest BCUT2D eigenvalue weighted by atomic mass is 10.1. The van der Waals surface area contributed by atoms with E-state index in [1.807, 2.05) is 26.8 Å². The molecule has 0 saturated carbocycles. The summed E-state index contributed by atoms with van der Waals surface area (Å²) in [6, 6.07) is 3.11. The average molecular weight is 429 g/mol. The molecule has 1 fully saturated rings. The van der Waals surface area contributed by atoms with Crippen LogP contribution >= 0.6 is 11.6 Å². The summed E-state index contributed by atoms with van der Waals surface area (Å²) < 4.78 is 48.0. The lowest BCUT2D eigenvalue weighted by molar-refractivity contribution is -0.140. The molecule has 0 aliphatic carbocycles. The van der Waals surface area contributed by atoms with Gasteiger partial charge in [-0.3, -0.25) is 4.40 Å². The summed E-state index contributed by atoms with van der Waals surface area (Å²) in [5.74, 6) is 0.682. The third-order valence-electron chi connectivity index (χ3n) is 4.58.